The normalized spacial score (nSPS) is 21.3. The standard InChI is InChI=1S/C18H20N2O/c1-19-18(21)17-13-12-16(14-8-4-2-5-9-14)20(17)15-10-6-3-7-11-15/h2-11,16-17H,12-13H2,1H3,(H,19,21). The topological polar surface area (TPSA) is 32.3 Å². The van der Waals surface area contributed by atoms with Crippen LogP contribution in [0.3, 0.4) is 0 Å². The lowest BCUT2D eigenvalue weighted by molar-refractivity contribution is -0.121. The van der Waals surface area contributed by atoms with Crippen LogP contribution < -0.4 is 10.2 Å². The third kappa shape index (κ3) is 2.64. The van der Waals surface area contributed by atoms with Gasteiger partial charge >= 0.3 is 0 Å². The predicted octanol–water partition coefficient (Wildman–Crippen LogP) is 3.14. The number of rotatable bonds is 3. The molecule has 0 saturated carbocycles. The molecule has 2 atom stereocenters. The van der Waals surface area contributed by atoms with E-state index in [4.69, 9.17) is 0 Å². The lowest BCUT2D eigenvalue weighted by Crippen LogP contribution is -2.42. The van der Waals surface area contributed by atoms with Gasteiger partial charge in [0.15, 0.2) is 0 Å². The Labute approximate surface area is 125 Å². The molecule has 0 aromatic heterocycles. The van der Waals surface area contributed by atoms with E-state index in [0.29, 0.717) is 0 Å². The van der Waals surface area contributed by atoms with Crippen molar-refractivity contribution in [2.45, 2.75) is 24.9 Å². The number of amides is 1. The van der Waals surface area contributed by atoms with E-state index >= 15 is 0 Å². The van der Waals surface area contributed by atoms with Crippen molar-refractivity contribution in [3.05, 3.63) is 66.2 Å². The van der Waals surface area contributed by atoms with E-state index in [0.717, 1.165) is 18.5 Å². The number of carbonyl (C=O) groups excluding carboxylic acids is 1. The Balaban J connectivity index is 1.99. The van der Waals surface area contributed by atoms with Gasteiger partial charge in [-0.1, -0.05) is 48.5 Å². The molecule has 108 valence electrons. The fourth-order valence-corrected chi connectivity index (χ4v) is 3.20. The van der Waals surface area contributed by atoms with Gasteiger partial charge in [0.05, 0.1) is 6.04 Å². The predicted molar refractivity (Wildman–Crippen MR) is 85.2 cm³/mol. The molecule has 3 rings (SSSR count). The molecule has 2 aromatic rings. The van der Waals surface area contributed by atoms with Crippen LogP contribution in [-0.4, -0.2) is 19.0 Å². The van der Waals surface area contributed by atoms with Crippen LogP contribution in [0.1, 0.15) is 24.4 Å². The van der Waals surface area contributed by atoms with Gasteiger partial charge in [-0.3, -0.25) is 4.79 Å². The van der Waals surface area contributed by atoms with Crippen LogP contribution in [0.5, 0.6) is 0 Å². The summed E-state index contributed by atoms with van der Waals surface area (Å²) >= 11 is 0. The lowest BCUT2D eigenvalue weighted by Gasteiger charge is -2.32. The summed E-state index contributed by atoms with van der Waals surface area (Å²) in [6, 6.07) is 20.8. The monoisotopic (exact) mass is 280 g/mol. The Kier molecular flexibility index (Phi) is 3.91. The van der Waals surface area contributed by atoms with Crippen molar-refractivity contribution in [1.82, 2.24) is 5.32 Å². The lowest BCUT2D eigenvalue weighted by atomic mass is 10.0. The number of anilines is 1. The fourth-order valence-electron chi connectivity index (χ4n) is 3.20. The Morgan fingerprint density at radius 2 is 1.62 bits per heavy atom. The Morgan fingerprint density at radius 3 is 2.24 bits per heavy atom. The highest BCUT2D eigenvalue weighted by Gasteiger charge is 2.38. The minimum atomic E-state index is -0.0948. The average Bonchev–Trinajstić information content (AvgIpc) is 3.00. The first-order chi connectivity index (χ1) is 10.3. The van der Waals surface area contributed by atoms with Gasteiger partial charge in [0.25, 0.3) is 0 Å². The molecule has 2 aromatic carbocycles. The minimum Gasteiger partial charge on any atom is -0.357 e. The van der Waals surface area contributed by atoms with Crippen LogP contribution >= 0.6 is 0 Å². The smallest absolute Gasteiger partial charge is 0.242 e. The summed E-state index contributed by atoms with van der Waals surface area (Å²) in [5, 5.41) is 2.80. The number of para-hydroxylation sites is 1. The van der Waals surface area contributed by atoms with Crippen molar-refractivity contribution in [2.75, 3.05) is 11.9 Å². The van der Waals surface area contributed by atoms with Crippen LogP contribution in [-0.2, 0) is 4.79 Å². The maximum atomic E-state index is 12.2. The van der Waals surface area contributed by atoms with Crippen LogP contribution in [0.4, 0.5) is 5.69 Å². The first-order valence-electron chi connectivity index (χ1n) is 7.41. The van der Waals surface area contributed by atoms with Crippen LogP contribution in [0, 0.1) is 0 Å². The summed E-state index contributed by atoms with van der Waals surface area (Å²) in [6.45, 7) is 0. The summed E-state index contributed by atoms with van der Waals surface area (Å²) in [7, 11) is 1.71. The molecule has 1 amide bonds. The molecule has 0 aliphatic carbocycles. The largest absolute Gasteiger partial charge is 0.357 e. The number of nitrogens with one attached hydrogen (secondary N) is 1. The number of nitrogens with zero attached hydrogens (tertiary/aromatic N) is 1. The van der Waals surface area contributed by atoms with Gasteiger partial charge in [0.2, 0.25) is 5.91 Å². The molecule has 3 nitrogen and oxygen atoms in total. The number of benzene rings is 2. The molecule has 1 fully saturated rings. The van der Waals surface area contributed by atoms with Crippen LogP contribution in [0.2, 0.25) is 0 Å². The molecule has 0 bridgehead atoms. The minimum absolute atomic E-state index is 0.0947. The summed E-state index contributed by atoms with van der Waals surface area (Å²) in [5.74, 6) is 0.0947. The SMILES string of the molecule is CNC(=O)C1CCC(c2ccccc2)N1c1ccccc1. The van der Waals surface area contributed by atoms with Crippen molar-refractivity contribution in [3.8, 4) is 0 Å². The summed E-state index contributed by atoms with van der Waals surface area (Å²) < 4.78 is 0. The molecule has 1 saturated heterocycles. The van der Waals surface area contributed by atoms with E-state index in [2.05, 4.69) is 46.6 Å². The van der Waals surface area contributed by atoms with Crippen molar-refractivity contribution >= 4 is 11.6 Å². The highest BCUT2D eigenvalue weighted by Crippen LogP contribution is 2.39. The highest BCUT2D eigenvalue weighted by molar-refractivity contribution is 5.86. The molecule has 1 aliphatic heterocycles. The van der Waals surface area contributed by atoms with Gasteiger partial charge in [0.1, 0.15) is 6.04 Å². The van der Waals surface area contributed by atoms with Gasteiger partial charge < -0.3 is 10.2 Å². The number of likely N-dealkylation sites (N-methyl/N-ethyl adjacent to an activating group) is 1. The zero-order valence-corrected chi connectivity index (χ0v) is 12.2. The first kappa shape index (κ1) is 13.7. The molecule has 2 unspecified atom stereocenters. The summed E-state index contributed by atoms with van der Waals surface area (Å²) in [5.41, 5.74) is 2.38. The average molecular weight is 280 g/mol. The Bertz CT molecular complexity index is 597. The molecular formula is C18H20N2O. The fraction of sp³-hybridized carbons (Fsp3) is 0.278. The van der Waals surface area contributed by atoms with Gasteiger partial charge in [-0.15, -0.1) is 0 Å². The zero-order valence-electron chi connectivity index (χ0n) is 12.2. The molecule has 3 heteroatoms. The third-order valence-electron chi connectivity index (χ3n) is 4.17. The number of carbonyl (C=O) groups is 1. The summed E-state index contributed by atoms with van der Waals surface area (Å²) in [6.07, 6.45) is 1.88. The maximum absolute atomic E-state index is 12.2. The molecule has 0 radical (unpaired) electrons. The van der Waals surface area contributed by atoms with E-state index < -0.39 is 0 Å². The first-order valence-corrected chi connectivity index (χ1v) is 7.41. The Morgan fingerprint density at radius 1 is 1.00 bits per heavy atom. The van der Waals surface area contributed by atoms with Crippen molar-refractivity contribution < 1.29 is 4.79 Å². The van der Waals surface area contributed by atoms with E-state index in [-0.39, 0.29) is 18.0 Å². The van der Waals surface area contributed by atoms with Gasteiger partial charge in [0, 0.05) is 12.7 Å². The van der Waals surface area contributed by atoms with E-state index in [1.54, 1.807) is 7.05 Å². The second-order valence-corrected chi connectivity index (χ2v) is 5.38. The van der Waals surface area contributed by atoms with Crippen LogP contribution in [0.25, 0.3) is 0 Å². The van der Waals surface area contributed by atoms with Gasteiger partial charge in [-0.2, -0.15) is 0 Å². The number of hydrogen-bond acceptors (Lipinski definition) is 2. The van der Waals surface area contributed by atoms with Gasteiger partial charge in [-0.05, 0) is 30.5 Å². The van der Waals surface area contributed by atoms with Crippen molar-refractivity contribution in [2.24, 2.45) is 0 Å². The molecule has 0 spiro atoms. The Hall–Kier alpha value is -2.29. The quantitative estimate of drug-likeness (QED) is 0.936. The van der Waals surface area contributed by atoms with Crippen molar-refractivity contribution in [1.29, 1.82) is 0 Å². The number of hydrogen-bond donors (Lipinski definition) is 1. The molecule has 21 heavy (non-hydrogen) atoms. The maximum Gasteiger partial charge on any atom is 0.242 e. The highest BCUT2D eigenvalue weighted by atomic mass is 16.2. The van der Waals surface area contributed by atoms with E-state index in [1.807, 2.05) is 24.3 Å². The second-order valence-electron chi connectivity index (χ2n) is 5.38. The zero-order chi connectivity index (χ0) is 14.7. The molecule has 1 heterocycles. The second kappa shape index (κ2) is 6.00. The van der Waals surface area contributed by atoms with Crippen molar-refractivity contribution in [3.63, 3.8) is 0 Å². The summed E-state index contributed by atoms with van der Waals surface area (Å²) in [4.78, 5) is 14.5. The van der Waals surface area contributed by atoms with Gasteiger partial charge in [-0.25, -0.2) is 0 Å². The van der Waals surface area contributed by atoms with E-state index in [1.165, 1.54) is 5.56 Å². The molecular weight excluding hydrogens is 260 g/mol. The van der Waals surface area contributed by atoms with Crippen LogP contribution in [0.15, 0.2) is 60.7 Å². The molecule has 1 aliphatic rings. The molecule has 1 N–H and O–H groups in total. The van der Waals surface area contributed by atoms with E-state index in [9.17, 15) is 4.79 Å². The third-order valence-corrected chi connectivity index (χ3v) is 4.17.